The van der Waals surface area contributed by atoms with Gasteiger partial charge in [0.05, 0.1) is 11.0 Å². The van der Waals surface area contributed by atoms with Crippen LogP contribution >= 0.6 is 12.2 Å². The molecule has 110 valence electrons. The second kappa shape index (κ2) is 6.56. The SMILES string of the molecule is CC(C(N)=S)N1CCN(Cc2c(F)cccc2F)CC1. The summed E-state index contributed by atoms with van der Waals surface area (Å²) in [6.07, 6.45) is 0. The highest BCUT2D eigenvalue weighted by atomic mass is 32.1. The Bertz CT molecular complexity index is 467. The first-order valence-electron chi connectivity index (χ1n) is 6.67. The summed E-state index contributed by atoms with van der Waals surface area (Å²) in [5.41, 5.74) is 5.78. The molecule has 1 aromatic carbocycles. The zero-order valence-electron chi connectivity index (χ0n) is 11.5. The average molecular weight is 299 g/mol. The summed E-state index contributed by atoms with van der Waals surface area (Å²) in [5, 5.41) is 0. The van der Waals surface area contributed by atoms with Gasteiger partial charge in [-0.1, -0.05) is 18.3 Å². The van der Waals surface area contributed by atoms with Gasteiger partial charge in [0.1, 0.15) is 11.6 Å². The normalized spacial score (nSPS) is 18.9. The van der Waals surface area contributed by atoms with E-state index in [-0.39, 0.29) is 11.6 Å². The highest BCUT2D eigenvalue weighted by Crippen LogP contribution is 2.16. The molecule has 3 nitrogen and oxygen atoms in total. The van der Waals surface area contributed by atoms with Crippen LogP contribution in [0.2, 0.25) is 0 Å². The van der Waals surface area contributed by atoms with E-state index in [0.29, 0.717) is 11.5 Å². The molecule has 1 fully saturated rings. The molecule has 2 rings (SSSR count). The van der Waals surface area contributed by atoms with Crippen molar-refractivity contribution in [3.8, 4) is 0 Å². The minimum Gasteiger partial charge on any atom is -0.392 e. The van der Waals surface area contributed by atoms with Gasteiger partial charge in [-0.2, -0.15) is 0 Å². The first kappa shape index (κ1) is 15.3. The Kier molecular flexibility index (Phi) is 5.01. The number of benzene rings is 1. The zero-order chi connectivity index (χ0) is 14.7. The monoisotopic (exact) mass is 299 g/mol. The van der Waals surface area contributed by atoms with Crippen molar-refractivity contribution in [1.82, 2.24) is 9.80 Å². The highest BCUT2D eigenvalue weighted by Gasteiger charge is 2.23. The molecule has 1 aromatic rings. The Balaban J connectivity index is 1.93. The molecule has 1 aliphatic rings. The van der Waals surface area contributed by atoms with Crippen molar-refractivity contribution < 1.29 is 8.78 Å². The van der Waals surface area contributed by atoms with Gasteiger partial charge in [-0.05, 0) is 19.1 Å². The summed E-state index contributed by atoms with van der Waals surface area (Å²) in [7, 11) is 0. The summed E-state index contributed by atoms with van der Waals surface area (Å²) in [6.45, 7) is 5.38. The van der Waals surface area contributed by atoms with Crippen molar-refractivity contribution in [2.24, 2.45) is 5.73 Å². The molecule has 1 unspecified atom stereocenters. The van der Waals surface area contributed by atoms with Gasteiger partial charge < -0.3 is 5.73 Å². The van der Waals surface area contributed by atoms with Crippen LogP contribution in [0.1, 0.15) is 12.5 Å². The molecule has 0 radical (unpaired) electrons. The van der Waals surface area contributed by atoms with E-state index < -0.39 is 11.6 Å². The molecule has 0 aliphatic carbocycles. The van der Waals surface area contributed by atoms with Gasteiger partial charge in [0.2, 0.25) is 0 Å². The van der Waals surface area contributed by atoms with Crippen LogP contribution in [0.4, 0.5) is 8.78 Å². The van der Waals surface area contributed by atoms with Crippen LogP contribution in [0.25, 0.3) is 0 Å². The lowest BCUT2D eigenvalue weighted by molar-refractivity contribution is 0.116. The lowest BCUT2D eigenvalue weighted by Crippen LogP contribution is -2.52. The first-order chi connectivity index (χ1) is 9.49. The summed E-state index contributed by atoms with van der Waals surface area (Å²) in [6, 6.07) is 4.04. The van der Waals surface area contributed by atoms with E-state index in [0.717, 1.165) is 26.2 Å². The average Bonchev–Trinajstić information content (AvgIpc) is 2.43. The zero-order valence-corrected chi connectivity index (χ0v) is 12.3. The van der Waals surface area contributed by atoms with Crippen molar-refractivity contribution in [2.75, 3.05) is 26.2 Å². The number of thiocarbonyl (C=S) groups is 1. The van der Waals surface area contributed by atoms with Crippen LogP contribution in [0.3, 0.4) is 0 Å². The Hall–Kier alpha value is -1.11. The smallest absolute Gasteiger partial charge is 0.130 e. The molecule has 1 atom stereocenters. The molecule has 2 N–H and O–H groups in total. The molecule has 6 heteroatoms. The molecule has 0 saturated carbocycles. The van der Waals surface area contributed by atoms with Gasteiger partial charge in [0, 0.05) is 38.3 Å². The second-order valence-electron chi connectivity index (χ2n) is 5.09. The molecule has 0 bridgehead atoms. The molecular weight excluding hydrogens is 280 g/mol. The number of nitrogens with two attached hydrogens (primary N) is 1. The van der Waals surface area contributed by atoms with Crippen molar-refractivity contribution in [3.05, 3.63) is 35.4 Å². The van der Waals surface area contributed by atoms with Crippen molar-refractivity contribution >= 4 is 17.2 Å². The summed E-state index contributed by atoms with van der Waals surface area (Å²) < 4.78 is 27.2. The van der Waals surface area contributed by atoms with Crippen LogP contribution < -0.4 is 5.73 Å². The molecule has 20 heavy (non-hydrogen) atoms. The maximum Gasteiger partial charge on any atom is 0.130 e. The van der Waals surface area contributed by atoms with E-state index in [1.54, 1.807) is 0 Å². The Labute approximate surface area is 123 Å². The van der Waals surface area contributed by atoms with E-state index in [1.807, 2.05) is 11.8 Å². The topological polar surface area (TPSA) is 32.5 Å². The van der Waals surface area contributed by atoms with Crippen LogP contribution in [-0.4, -0.2) is 47.0 Å². The third kappa shape index (κ3) is 3.50. The number of nitrogens with zero attached hydrogens (tertiary/aromatic N) is 2. The van der Waals surface area contributed by atoms with Gasteiger partial charge in [0.15, 0.2) is 0 Å². The fourth-order valence-electron chi connectivity index (χ4n) is 2.40. The largest absolute Gasteiger partial charge is 0.392 e. The van der Waals surface area contributed by atoms with E-state index in [4.69, 9.17) is 18.0 Å². The molecule has 1 aliphatic heterocycles. The predicted octanol–water partition coefficient (Wildman–Crippen LogP) is 1.76. The number of piperazine rings is 1. The third-order valence-electron chi connectivity index (χ3n) is 3.81. The quantitative estimate of drug-likeness (QED) is 0.859. The first-order valence-corrected chi connectivity index (χ1v) is 7.08. The maximum atomic E-state index is 13.6. The van der Waals surface area contributed by atoms with Gasteiger partial charge in [-0.15, -0.1) is 0 Å². The fraction of sp³-hybridized carbons (Fsp3) is 0.500. The van der Waals surface area contributed by atoms with Gasteiger partial charge in [-0.3, -0.25) is 9.80 Å². The summed E-state index contributed by atoms with van der Waals surface area (Å²) in [5.74, 6) is -0.965. The maximum absolute atomic E-state index is 13.6. The highest BCUT2D eigenvalue weighted by molar-refractivity contribution is 7.80. The fourth-order valence-corrected chi connectivity index (χ4v) is 2.54. The van der Waals surface area contributed by atoms with Crippen LogP contribution in [0.15, 0.2) is 18.2 Å². The van der Waals surface area contributed by atoms with Crippen LogP contribution in [0, 0.1) is 11.6 Å². The van der Waals surface area contributed by atoms with Gasteiger partial charge in [0.25, 0.3) is 0 Å². The summed E-state index contributed by atoms with van der Waals surface area (Å²) >= 11 is 4.99. The van der Waals surface area contributed by atoms with E-state index >= 15 is 0 Å². The third-order valence-corrected chi connectivity index (χ3v) is 4.15. The molecule has 1 saturated heterocycles. The van der Waals surface area contributed by atoms with E-state index in [2.05, 4.69) is 4.90 Å². The minimum atomic E-state index is -0.482. The molecule has 1 heterocycles. The van der Waals surface area contributed by atoms with E-state index in [1.165, 1.54) is 18.2 Å². The number of hydrogen-bond donors (Lipinski definition) is 1. The summed E-state index contributed by atoms with van der Waals surface area (Å²) in [4.78, 5) is 4.72. The van der Waals surface area contributed by atoms with Crippen molar-refractivity contribution in [2.45, 2.75) is 19.5 Å². The standard InChI is InChI=1S/C14H19F2N3S/c1-10(14(17)20)19-7-5-18(6-8-19)9-11-12(15)3-2-4-13(11)16/h2-4,10H,5-9H2,1H3,(H2,17,20). The lowest BCUT2D eigenvalue weighted by atomic mass is 10.1. The van der Waals surface area contributed by atoms with Crippen LogP contribution in [-0.2, 0) is 6.54 Å². The molecule has 0 aromatic heterocycles. The lowest BCUT2D eigenvalue weighted by Gasteiger charge is -2.37. The minimum absolute atomic E-state index is 0.0670. The van der Waals surface area contributed by atoms with Gasteiger partial charge >= 0.3 is 0 Å². The number of halogens is 2. The number of hydrogen-bond acceptors (Lipinski definition) is 3. The van der Waals surface area contributed by atoms with Crippen molar-refractivity contribution in [3.63, 3.8) is 0 Å². The Morgan fingerprint density at radius 2 is 1.80 bits per heavy atom. The Morgan fingerprint density at radius 3 is 2.30 bits per heavy atom. The van der Waals surface area contributed by atoms with E-state index in [9.17, 15) is 8.78 Å². The molecule has 0 spiro atoms. The predicted molar refractivity (Wildman–Crippen MR) is 79.5 cm³/mol. The second-order valence-corrected chi connectivity index (χ2v) is 5.56. The van der Waals surface area contributed by atoms with Crippen molar-refractivity contribution in [1.29, 1.82) is 0 Å². The molecule has 0 amide bonds. The number of rotatable bonds is 4. The van der Waals surface area contributed by atoms with Gasteiger partial charge in [-0.25, -0.2) is 8.78 Å². The van der Waals surface area contributed by atoms with Crippen LogP contribution in [0.5, 0.6) is 0 Å². The molecular formula is C14H19F2N3S. The Morgan fingerprint density at radius 1 is 1.25 bits per heavy atom.